The van der Waals surface area contributed by atoms with E-state index in [4.69, 9.17) is 5.11 Å². The van der Waals surface area contributed by atoms with Gasteiger partial charge in [-0.1, -0.05) is 26.0 Å². The smallest absolute Gasteiger partial charge is 0.303 e. The second kappa shape index (κ2) is 9.79. The molecule has 4 aliphatic rings. The van der Waals surface area contributed by atoms with Crippen molar-refractivity contribution >= 4 is 5.97 Å². The molecule has 0 amide bonds. The Morgan fingerprint density at radius 1 is 1.11 bits per heavy atom. The number of hydrogen-bond acceptors (Lipinski definition) is 4. The van der Waals surface area contributed by atoms with Crippen molar-refractivity contribution in [3.05, 3.63) is 11.9 Å². The van der Waals surface area contributed by atoms with Crippen LogP contribution in [0.3, 0.4) is 0 Å². The Morgan fingerprint density at radius 3 is 2.69 bits per heavy atom. The standard InChI is InChI=1S/C29H47N3O3/c1-19(5-4-16-32-18-21(30-31-32)7-11-27(34)35)24-9-10-25-23-8-6-20-17-22(33)12-14-28(20,2)26(23)13-15-29(24,25)3/h18-20,22-26,33H,4-17H2,1-3H3,(H,34,35)/t19-,20-,22-,23+,24-,25+,26+,28+,29-/m1/s1. The van der Waals surface area contributed by atoms with Gasteiger partial charge < -0.3 is 10.2 Å². The van der Waals surface area contributed by atoms with Crippen LogP contribution in [0.1, 0.15) is 104 Å². The number of nitrogens with zero attached hydrogens (tertiary/aromatic N) is 3. The van der Waals surface area contributed by atoms with E-state index in [1.54, 1.807) is 0 Å². The topological polar surface area (TPSA) is 88.2 Å². The zero-order chi connectivity index (χ0) is 24.8. The van der Waals surface area contributed by atoms with Gasteiger partial charge in [0.25, 0.3) is 0 Å². The van der Waals surface area contributed by atoms with Gasteiger partial charge in [-0.3, -0.25) is 9.48 Å². The molecule has 5 rings (SSSR count). The Morgan fingerprint density at radius 2 is 1.89 bits per heavy atom. The SMILES string of the molecule is C[C@H](CCCn1cc(CCC(=O)O)nn1)[C@H]1CC[C@H]2[C@@H]3CC[C@@H]4C[C@H](O)CC[C@]4(C)[C@H]3CC[C@]12C. The molecule has 0 bridgehead atoms. The molecule has 4 fully saturated rings. The van der Waals surface area contributed by atoms with Gasteiger partial charge in [0.15, 0.2) is 0 Å². The second-order valence-electron chi connectivity index (χ2n) is 13.3. The molecule has 0 unspecified atom stereocenters. The van der Waals surface area contributed by atoms with Crippen LogP contribution < -0.4 is 0 Å². The first-order valence-electron chi connectivity index (χ1n) is 14.5. The zero-order valence-corrected chi connectivity index (χ0v) is 22.2. The average Bonchev–Trinajstić information content (AvgIpc) is 3.42. The summed E-state index contributed by atoms with van der Waals surface area (Å²) in [6, 6.07) is 0. The number of carboxylic acids is 1. The number of aliphatic carboxylic acids is 1. The molecule has 4 aliphatic carbocycles. The lowest BCUT2D eigenvalue weighted by Crippen LogP contribution is -2.54. The van der Waals surface area contributed by atoms with E-state index in [-0.39, 0.29) is 12.5 Å². The number of aliphatic hydroxyl groups is 1. The highest BCUT2D eigenvalue weighted by Crippen LogP contribution is 2.68. The minimum atomic E-state index is -0.787. The van der Waals surface area contributed by atoms with E-state index in [1.165, 1.54) is 51.4 Å². The van der Waals surface area contributed by atoms with Gasteiger partial charge in [0, 0.05) is 19.2 Å². The van der Waals surface area contributed by atoms with Gasteiger partial charge >= 0.3 is 5.97 Å². The van der Waals surface area contributed by atoms with Crippen molar-refractivity contribution in [1.82, 2.24) is 15.0 Å². The first kappa shape index (κ1) is 25.2. The third kappa shape index (κ3) is 4.69. The molecule has 35 heavy (non-hydrogen) atoms. The number of fused-ring (bicyclic) bond motifs is 5. The number of carboxylic acid groups (broad SMARTS) is 1. The number of carbonyl (C=O) groups is 1. The fraction of sp³-hybridized carbons (Fsp3) is 0.897. The van der Waals surface area contributed by atoms with Crippen molar-refractivity contribution in [2.45, 2.75) is 117 Å². The molecule has 0 spiro atoms. The van der Waals surface area contributed by atoms with E-state index in [0.29, 0.717) is 17.3 Å². The van der Waals surface area contributed by atoms with Crippen LogP contribution in [0.4, 0.5) is 0 Å². The largest absolute Gasteiger partial charge is 0.481 e. The Hall–Kier alpha value is -1.43. The predicted octanol–water partition coefficient (Wildman–Crippen LogP) is 5.73. The van der Waals surface area contributed by atoms with Crippen molar-refractivity contribution in [2.24, 2.45) is 46.3 Å². The fourth-order valence-corrected chi connectivity index (χ4v) is 9.78. The molecule has 9 atom stereocenters. The number of aromatic nitrogens is 3. The minimum Gasteiger partial charge on any atom is -0.481 e. The number of aliphatic hydroxyl groups excluding tert-OH is 1. The van der Waals surface area contributed by atoms with Crippen LogP contribution in [0.25, 0.3) is 0 Å². The van der Waals surface area contributed by atoms with Crippen molar-refractivity contribution < 1.29 is 15.0 Å². The monoisotopic (exact) mass is 485 g/mol. The van der Waals surface area contributed by atoms with Gasteiger partial charge in [-0.25, -0.2) is 0 Å². The highest BCUT2D eigenvalue weighted by molar-refractivity contribution is 5.66. The maximum absolute atomic E-state index is 10.8. The summed E-state index contributed by atoms with van der Waals surface area (Å²) >= 11 is 0. The third-order valence-corrected chi connectivity index (χ3v) is 11.6. The maximum atomic E-state index is 10.8. The van der Waals surface area contributed by atoms with Gasteiger partial charge in [-0.2, -0.15) is 0 Å². The van der Waals surface area contributed by atoms with Crippen LogP contribution in [0, 0.1) is 46.3 Å². The highest BCUT2D eigenvalue weighted by Gasteiger charge is 2.60. The summed E-state index contributed by atoms with van der Waals surface area (Å²) in [5.41, 5.74) is 1.74. The van der Waals surface area contributed by atoms with Gasteiger partial charge in [-0.15, -0.1) is 5.10 Å². The lowest BCUT2D eigenvalue weighted by molar-refractivity contribution is -0.136. The van der Waals surface area contributed by atoms with Crippen molar-refractivity contribution in [3.8, 4) is 0 Å². The van der Waals surface area contributed by atoms with Crippen LogP contribution in [-0.2, 0) is 17.8 Å². The molecular weight excluding hydrogens is 438 g/mol. The van der Waals surface area contributed by atoms with Gasteiger partial charge in [0.1, 0.15) is 0 Å². The molecule has 0 saturated heterocycles. The van der Waals surface area contributed by atoms with Crippen molar-refractivity contribution in [1.29, 1.82) is 0 Å². The van der Waals surface area contributed by atoms with E-state index in [9.17, 15) is 9.90 Å². The van der Waals surface area contributed by atoms with Gasteiger partial charge in [0.2, 0.25) is 0 Å². The summed E-state index contributed by atoms with van der Waals surface area (Å²) in [5.74, 6) is 4.19. The summed E-state index contributed by atoms with van der Waals surface area (Å²) in [6.45, 7) is 8.60. The summed E-state index contributed by atoms with van der Waals surface area (Å²) in [7, 11) is 0. The van der Waals surface area contributed by atoms with Crippen LogP contribution in [0.15, 0.2) is 6.20 Å². The van der Waals surface area contributed by atoms with Crippen LogP contribution in [0.2, 0.25) is 0 Å². The summed E-state index contributed by atoms with van der Waals surface area (Å²) < 4.78 is 1.90. The Kier molecular flexibility index (Phi) is 7.06. The molecule has 6 nitrogen and oxygen atoms in total. The molecule has 1 aromatic heterocycles. The molecule has 196 valence electrons. The molecule has 1 heterocycles. The average molecular weight is 486 g/mol. The van der Waals surface area contributed by atoms with E-state index in [2.05, 4.69) is 31.1 Å². The van der Waals surface area contributed by atoms with Crippen LogP contribution >= 0.6 is 0 Å². The molecule has 0 aromatic carbocycles. The van der Waals surface area contributed by atoms with Gasteiger partial charge in [-0.05, 0) is 117 Å². The summed E-state index contributed by atoms with van der Waals surface area (Å²) in [5, 5.41) is 27.5. The number of rotatable bonds is 8. The van der Waals surface area contributed by atoms with E-state index < -0.39 is 5.97 Å². The number of aryl methyl sites for hydroxylation is 2. The fourth-order valence-electron chi connectivity index (χ4n) is 9.78. The third-order valence-electron chi connectivity index (χ3n) is 11.6. The number of hydrogen-bond donors (Lipinski definition) is 2. The Bertz CT molecular complexity index is 901. The van der Waals surface area contributed by atoms with E-state index in [0.717, 1.165) is 67.0 Å². The Labute approximate surface area is 211 Å². The quantitative estimate of drug-likeness (QED) is 0.491. The van der Waals surface area contributed by atoms with E-state index in [1.807, 2.05) is 10.9 Å². The molecule has 6 heteroatoms. The highest BCUT2D eigenvalue weighted by atomic mass is 16.4. The summed E-state index contributed by atoms with van der Waals surface area (Å²) in [6.07, 6.45) is 16.4. The Balaban J connectivity index is 1.17. The first-order chi connectivity index (χ1) is 16.7. The molecular formula is C29H47N3O3. The van der Waals surface area contributed by atoms with E-state index >= 15 is 0 Å². The van der Waals surface area contributed by atoms with Crippen molar-refractivity contribution in [3.63, 3.8) is 0 Å². The zero-order valence-electron chi connectivity index (χ0n) is 22.2. The normalized spacial score (nSPS) is 41.6. The molecule has 1 aromatic rings. The first-order valence-corrected chi connectivity index (χ1v) is 14.5. The molecule has 4 saturated carbocycles. The van der Waals surface area contributed by atoms with Crippen LogP contribution in [0.5, 0.6) is 0 Å². The van der Waals surface area contributed by atoms with Crippen molar-refractivity contribution in [2.75, 3.05) is 0 Å². The lowest BCUT2D eigenvalue weighted by Gasteiger charge is -2.61. The predicted molar refractivity (Wildman–Crippen MR) is 136 cm³/mol. The maximum Gasteiger partial charge on any atom is 0.303 e. The molecule has 0 radical (unpaired) electrons. The summed E-state index contributed by atoms with van der Waals surface area (Å²) in [4.78, 5) is 10.8. The molecule has 2 N–H and O–H groups in total. The molecule has 0 aliphatic heterocycles. The second-order valence-corrected chi connectivity index (χ2v) is 13.3. The van der Waals surface area contributed by atoms with Crippen LogP contribution in [-0.4, -0.2) is 37.3 Å². The lowest BCUT2D eigenvalue weighted by atomic mass is 9.44. The van der Waals surface area contributed by atoms with Gasteiger partial charge in [0.05, 0.1) is 18.2 Å². The minimum absolute atomic E-state index is 0.0518.